The molecule has 0 atom stereocenters. The molecule has 1 aliphatic carbocycles. The predicted molar refractivity (Wildman–Crippen MR) is 74.9 cm³/mol. The standard InChI is InChI=1S/C15H13ClFNO2/c1-19-8-7-10-14(18-20-15(10)9-5-6-9)13-11(16)3-2-4-12(13)17/h2-4,7-9H,5-6H2,1H3/b8-7+. The zero-order valence-electron chi connectivity index (χ0n) is 10.9. The number of methoxy groups -OCH3 is 1. The highest BCUT2D eigenvalue weighted by Gasteiger charge is 2.32. The second-order valence-corrected chi connectivity index (χ2v) is 5.13. The molecule has 1 aromatic carbocycles. The van der Waals surface area contributed by atoms with Crippen LogP contribution in [-0.4, -0.2) is 12.3 Å². The molecule has 0 bridgehead atoms. The predicted octanol–water partition coefficient (Wildman–Crippen LogP) is 4.63. The number of hydrogen-bond acceptors (Lipinski definition) is 3. The number of hydrogen-bond donors (Lipinski definition) is 0. The number of rotatable bonds is 4. The van der Waals surface area contributed by atoms with Crippen LogP contribution in [0.2, 0.25) is 5.02 Å². The first-order chi connectivity index (χ1) is 9.72. The van der Waals surface area contributed by atoms with Gasteiger partial charge in [0, 0.05) is 11.5 Å². The zero-order valence-corrected chi connectivity index (χ0v) is 11.7. The van der Waals surface area contributed by atoms with E-state index >= 15 is 0 Å². The van der Waals surface area contributed by atoms with Gasteiger partial charge in [0.25, 0.3) is 0 Å². The average Bonchev–Trinajstić information content (AvgIpc) is 3.19. The Kier molecular flexibility index (Phi) is 3.49. The molecule has 0 unspecified atom stereocenters. The van der Waals surface area contributed by atoms with Crippen molar-refractivity contribution >= 4 is 17.7 Å². The second kappa shape index (κ2) is 5.29. The van der Waals surface area contributed by atoms with Gasteiger partial charge < -0.3 is 9.26 Å². The Morgan fingerprint density at radius 2 is 2.25 bits per heavy atom. The molecule has 1 saturated carbocycles. The summed E-state index contributed by atoms with van der Waals surface area (Å²) in [7, 11) is 1.55. The molecule has 2 aromatic rings. The molecule has 104 valence electrons. The molecule has 0 spiro atoms. The van der Waals surface area contributed by atoms with Gasteiger partial charge in [-0.05, 0) is 31.1 Å². The lowest BCUT2D eigenvalue weighted by Crippen LogP contribution is -1.89. The van der Waals surface area contributed by atoms with Gasteiger partial charge in [0.05, 0.1) is 24.0 Å². The molecule has 3 rings (SSSR count). The van der Waals surface area contributed by atoms with E-state index in [0.717, 1.165) is 24.2 Å². The maximum Gasteiger partial charge on any atom is 0.147 e. The van der Waals surface area contributed by atoms with Crippen LogP contribution in [0.25, 0.3) is 17.3 Å². The number of ether oxygens (including phenoxy) is 1. The van der Waals surface area contributed by atoms with Crippen LogP contribution in [0.5, 0.6) is 0 Å². The van der Waals surface area contributed by atoms with E-state index in [-0.39, 0.29) is 5.56 Å². The maximum atomic E-state index is 14.0. The Balaban J connectivity index is 2.16. The van der Waals surface area contributed by atoms with Crippen molar-refractivity contribution in [1.29, 1.82) is 0 Å². The fourth-order valence-corrected chi connectivity index (χ4v) is 2.40. The fourth-order valence-electron chi connectivity index (χ4n) is 2.15. The lowest BCUT2D eigenvalue weighted by Gasteiger charge is -2.03. The van der Waals surface area contributed by atoms with E-state index in [4.69, 9.17) is 20.9 Å². The van der Waals surface area contributed by atoms with E-state index in [1.54, 1.807) is 25.3 Å². The molecule has 1 heterocycles. The Morgan fingerprint density at radius 1 is 1.45 bits per heavy atom. The highest BCUT2D eigenvalue weighted by Crippen LogP contribution is 2.45. The molecule has 3 nitrogen and oxygen atoms in total. The van der Waals surface area contributed by atoms with E-state index in [0.29, 0.717) is 16.6 Å². The van der Waals surface area contributed by atoms with Gasteiger partial charge in [-0.25, -0.2) is 4.39 Å². The van der Waals surface area contributed by atoms with Crippen LogP contribution in [0, 0.1) is 5.82 Å². The van der Waals surface area contributed by atoms with Gasteiger partial charge in [0.1, 0.15) is 17.3 Å². The van der Waals surface area contributed by atoms with Crippen LogP contribution in [0.1, 0.15) is 30.1 Å². The number of benzene rings is 1. The van der Waals surface area contributed by atoms with E-state index in [1.807, 2.05) is 0 Å². The van der Waals surface area contributed by atoms with Gasteiger partial charge in [0.2, 0.25) is 0 Å². The van der Waals surface area contributed by atoms with Gasteiger partial charge in [-0.15, -0.1) is 0 Å². The number of halogens is 2. The number of nitrogens with zero attached hydrogens (tertiary/aromatic N) is 1. The van der Waals surface area contributed by atoms with Crippen molar-refractivity contribution in [2.24, 2.45) is 0 Å². The molecule has 0 aliphatic heterocycles. The molecular formula is C15H13ClFNO2. The molecular weight excluding hydrogens is 281 g/mol. The fraction of sp³-hybridized carbons (Fsp3) is 0.267. The van der Waals surface area contributed by atoms with Crippen molar-refractivity contribution in [3.8, 4) is 11.3 Å². The molecule has 0 saturated heterocycles. The number of aromatic nitrogens is 1. The van der Waals surface area contributed by atoms with Crippen LogP contribution < -0.4 is 0 Å². The smallest absolute Gasteiger partial charge is 0.147 e. The van der Waals surface area contributed by atoms with Crippen molar-refractivity contribution in [2.75, 3.05) is 7.11 Å². The third kappa shape index (κ3) is 2.31. The van der Waals surface area contributed by atoms with Gasteiger partial charge in [-0.1, -0.05) is 22.8 Å². The molecule has 1 aromatic heterocycles. The average molecular weight is 294 g/mol. The highest BCUT2D eigenvalue weighted by molar-refractivity contribution is 6.33. The van der Waals surface area contributed by atoms with Crippen molar-refractivity contribution in [2.45, 2.75) is 18.8 Å². The lowest BCUT2D eigenvalue weighted by molar-refractivity contribution is 0.341. The first kappa shape index (κ1) is 13.2. The monoisotopic (exact) mass is 293 g/mol. The van der Waals surface area contributed by atoms with E-state index in [9.17, 15) is 4.39 Å². The van der Waals surface area contributed by atoms with Gasteiger partial charge in [-0.2, -0.15) is 0 Å². The molecule has 0 N–H and O–H groups in total. The van der Waals surface area contributed by atoms with E-state index < -0.39 is 5.82 Å². The summed E-state index contributed by atoms with van der Waals surface area (Å²) in [6, 6.07) is 4.56. The molecule has 0 amide bonds. The van der Waals surface area contributed by atoms with Gasteiger partial charge >= 0.3 is 0 Å². The minimum absolute atomic E-state index is 0.264. The maximum absolute atomic E-state index is 14.0. The molecule has 5 heteroatoms. The summed E-state index contributed by atoms with van der Waals surface area (Å²) in [5.41, 5.74) is 1.42. The van der Waals surface area contributed by atoms with Crippen molar-refractivity contribution in [3.05, 3.63) is 46.6 Å². The summed E-state index contributed by atoms with van der Waals surface area (Å²) >= 11 is 6.10. The quantitative estimate of drug-likeness (QED) is 0.771. The minimum atomic E-state index is -0.416. The summed E-state index contributed by atoms with van der Waals surface area (Å²) in [5.74, 6) is 0.714. The second-order valence-electron chi connectivity index (χ2n) is 4.72. The summed E-state index contributed by atoms with van der Waals surface area (Å²) in [4.78, 5) is 0. The first-order valence-corrected chi connectivity index (χ1v) is 6.73. The van der Waals surface area contributed by atoms with Crippen LogP contribution in [0.4, 0.5) is 4.39 Å². The van der Waals surface area contributed by atoms with Gasteiger partial charge in [-0.3, -0.25) is 0 Å². The van der Waals surface area contributed by atoms with Crippen molar-refractivity contribution in [3.63, 3.8) is 0 Å². The summed E-state index contributed by atoms with van der Waals surface area (Å²) < 4.78 is 24.4. The van der Waals surface area contributed by atoms with Crippen LogP contribution in [-0.2, 0) is 4.74 Å². The SMILES string of the molecule is CO/C=C/c1c(-c2c(F)cccc2Cl)noc1C1CC1. The summed E-state index contributed by atoms with van der Waals surface area (Å²) in [6.45, 7) is 0. The molecule has 0 radical (unpaired) electrons. The van der Waals surface area contributed by atoms with Crippen molar-refractivity contribution < 1.29 is 13.7 Å². The third-order valence-electron chi connectivity index (χ3n) is 3.27. The Hall–Kier alpha value is -1.81. The van der Waals surface area contributed by atoms with Crippen LogP contribution in [0.3, 0.4) is 0 Å². The normalized spacial score (nSPS) is 14.9. The largest absolute Gasteiger partial charge is 0.504 e. The van der Waals surface area contributed by atoms with Crippen LogP contribution >= 0.6 is 11.6 Å². The minimum Gasteiger partial charge on any atom is -0.504 e. The zero-order chi connectivity index (χ0) is 14.1. The van der Waals surface area contributed by atoms with E-state index in [1.165, 1.54) is 12.3 Å². The Morgan fingerprint density at radius 3 is 2.90 bits per heavy atom. The highest BCUT2D eigenvalue weighted by atomic mass is 35.5. The molecule has 1 fully saturated rings. The molecule has 1 aliphatic rings. The van der Waals surface area contributed by atoms with Crippen molar-refractivity contribution in [1.82, 2.24) is 5.16 Å². The lowest BCUT2D eigenvalue weighted by atomic mass is 10.0. The van der Waals surface area contributed by atoms with Crippen LogP contribution in [0.15, 0.2) is 29.0 Å². The summed E-state index contributed by atoms with van der Waals surface area (Å²) in [5, 5.41) is 4.33. The summed E-state index contributed by atoms with van der Waals surface area (Å²) in [6.07, 6.45) is 5.39. The Labute approximate surface area is 121 Å². The third-order valence-corrected chi connectivity index (χ3v) is 3.59. The first-order valence-electron chi connectivity index (χ1n) is 6.35. The van der Waals surface area contributed by atoms with E-state index in [2.05, 4.69) is 5.16 Å². The topological polar surface area (TPSA) is 35.3 Å². The Bertz CT molecular complexity index is 642. The molecule has 20 heavy (non-hydrogen) atoms. The van der Waals surface area contributed by atoms with Gasteiger partial charge in [0.15, 0.2) is 0 Å².